The highest BCUT2D eigenvalue weighted by molar-refractivity contribution is 7.89. The van der Waals surface area contributed by atoms with Gasteiger partial charge >= 0.3 is 0 Å². The zero-order valence-corrected chi connectivity index (χ0v) is 16.6. The van der Waals surface area contributed by atoms with Crippen molar-refractivity contribution >= 4 is 27.3 Å². The Morgan fingerprint density at radius 3 is 2.59 bits per heavy atom. The van der Waals surface area contributed by atoms with Crippen LogP contribution >= 0.6 is 11.3 Å². The summed E-state index contributed by atoms with van der Waals surface area (Å²) in [7, 11) is -3.53. The van der Waals surface area contributed by atoms with E-state index in [-0.39, 0.29) is 23.5 Å². The van der Waals surface area contributed by atoms with Gasteiger partial charge in [-0.2, -0.15) is 4.31 Å². The zero-order chi connectivity index (χ0) is 19.3. The Kier molecular flexibility index (Phi) is 6.48. The third-order valence-electron chi connectivity index (χ3n) is 4.15. The van der Waals surface area contributed by atoms with Crippen molar-refractivity contribution in [3.8, 4) is 5.75 Å². The molecule has 1 amide bonds. The molecular weight excluding hydrogens is 388 g/mol. The number of ether oxygens (including phenoxy) is 2. The van der Waals surface area contributed by atoms with Crippen LogP contribution in [0.1, 0.15) is 17.8 Å². The number of rotatable bonds is 7. The lowest BCUT2D eigenvalue weighted by atomic mass is 10.3. The average molecular weight is 411 g/mol. The summed E-state index contributed by atoms with van der Waals surface area (Å²) >= 11 is 1.58. The SMILES string of the molecule is C[C@H](NC(=O)COc1ccc(S(=O)(=O)N2CCOCC2)cc1)c1cccs1. The monoisotopic (exact) mass is 410 g/mol. The fourth-order valence-corrected chi connectivity index (χ4v) is 4.83. The number of sulfonamides is 1. The Morgan fingerprint density at radius 2 is 1.96 bits per heavy atom. The number of carbonyl (C=O) groups is 1. The lowest BCUT2D eigenvalue weighted by molar-refractivity contribution is -0.123. The molecule has 2 aromatic rings. The number of hydrogen-bond acceptors (Lipinski definition) is 6. The summed E-state index contributed by atoms with van der Waals surface area (Å²) in [5, 5.41) is 4.82. The summed E-state index contributed by atoms with van der Waals surface area (Å²) in [5.41, 5.74) is 0. The fraction of sp³-hybridized carbons (Fsp3) is 0.389. The van der Waals surface area contributed by atoms with Gasteiger partial charge in [0, 0.05) is 18.0 Å². The zero-order valence-electron chi connectivity index (χ0n) is 15.0. The van der Waals surface area contributed by atoms with E-state index in [1.807, 2.05) is 24.4 Å². The summed E-state index contributed by atoms with van der Waals surface area (Å²) in [5.74, 6) is 0.204. The van der Waals surface area contributed by atoms with Gasteiger partial charge in [0.05, 0.1) is 24.2 Å². The summed E-state index contributed by atoms with van der Waals surface area (Å²) in [6.07, 6.45) is 0. The van der Waals surface area contributed by atoms with E-state index in [4.69, 9.17) is 9.47 Å². The first-order valence-electron chi connectivity index (χ1n) is 8.60. The topological polar surface area (TPSA) is 84.9 Å². The molecule has 0 radical (unpaired) electrons. The maximum Gasteiger partial charge on any atom is 0.258 e. The van der Waals surface area contributed by atoms with Crippen LogP contribution < -0.4 is 10.1 Å². The molecule has 0 spiro atoms. The molecule has 0 unspecified atom stereocenters. The van der Waals surface area contributed by atoms with E-state index in [2.05, 4.69) is 5.32 Å². The van der Waals surface area contributed by atoms with Crippen LogP contribution in [0.5, 0.6) is 5.75 Å². The van der Waals surface area contributed by atoms with Crippen LogP contribution in [0, 0.1) is 0 Å². The highest BCUT2D eigenvalue weighted by Gasteiger charge is 2.26. The maximum atomic E-state index is 12.6. The van der Waals surface area contributed by atoms with Crippen LogP contribution in [0.25, 0.3) is 0 Å². The van der Waals surface area contributed by atoms with Crippen LogP contribution in [0.15, 0.2) is 46.7 Å². The molecule has 2 heterocycles. The largest absolute Gasteiger partial charge is 0.484 e. The van der Waals surface area contributed by atoms with Gasteiger partial charge in [-0.25, -0.2) is 8.42 Å². The molecule has 9 heteroatoms. The van der Waals surface area contributed by atoms with Gasteiger partial charge in [-0.15, -0.1) is 11.3 Å². The van der Waals surface area contributed by atoms with Crippen LogP contribution in [-0.4, -0.2) is 51.5 Å². The van der Waals surface area contributed by atoms with Gasteiger partial charge < -0.3 is 14.8 Å². The number of nitrogens with zero attached hydrogens (tertiary/aromatic N) is 1. The van der Waals surface area contributed by atoms with Crippen molar-refractivity contribution in [2.24, 2.45) is 0 Å². The summed E-state index contributed by atoms with van der Waals surface area (Å²) in [4.78, 5) is 13.3. The highest BCUT2D eigenvalue weighted by atomic mass is 32.2. The third kappa shape index (κ3) is 5.07. The predicted molar refractivity (Wildman–Crippen MR) is 102 cm³/mol. The highest BCUT2D eigenvalue weighted by Crippen LogP contribution is 2.21. The first-order valence-corrected chi connectivity index (χ1v) is 10.9. The van der Waals surface area contributed by atoms with E-state index < -0.39 is 10.0 Å². The van der Waals surface area contributed by atoms with E-state index in [1.54, 1.807) is 23.5 Å². The van der Waals surface area contributed by atoms with Crippen molar-refractivity contribution in [2.45, 2.75) is 17.9 Å². The van der Waals surface area contributed by atoms with Crippen molar-refractivity contribution < 1.29 is 22.7 Å². The molecule has 3 rings (SSSR count). The molecule has 1 atom stereocenters. The normalized spacial score (nSPS) is 16.6. The summed E-state index contributed by atoms with van der Waals surface area (Å²) in [6.45, 7) is 3.28. The van der Waals surface area contributed by atoms with E-state index >= 15 is 0 Å². The molecule has 1 saturated heterocycles. The minimum Gasteiger partial charge on any atom is -0.484 e. The first-order chi connectivity index (χ1) is 13.0. The number of benzene rings is 1. The second-order valence-electron chi connectivity index (χ2n) is 6.08. The minimum atomic E-state index is -3.53. The molecule has 146 valence electrons. The van der Waals surface area contributed by atoms with Gasteiger partial charge in [0.25, 0.3) is 5.91 Å². The van der Waals surface area contributed by atoms with Crippen LogP contribution in [0.4, 0.5) is 0 Å². The summed E-state index contributed by atoms with van der Waals surface area (Å²) in [6, 6.07) is 9.92. The predicted octanol–water partition coefficient (Wildman–Crippen LogP) is 2.03. The summed E-state index contributed by atoms with van der Waals surface area (Å²) < 4.78 is 37.2. The number of carbonyl (C=O) groups excluding carboxylic acids is 1. The van der Waals surface area contributed by atoms with Crippen molar-refractivity contribution in [2.75, 3.05) is 32.9 Å². The van der Waals surface area contributed by atoms with E-state index in [1.165, 1.54) is 16.4 Å². The molecule has 27 heavy (non-hydrogen) atoms. The van der Waals surface area contributed by atoms with Crippen LogP contribution in [0.3, 0.4) is 0 Å². The molecule has 1 aliphatic heterocycles. The molecule has 1 aliphatic rings. The van der Waals surface area contributed by atoms with E-state index in [0.29, 0.717) is 32.1 Å². The number of amides is 1. The van der Waals surface area contributed by atoms with Gasteiger partial charge in [-0.05, 0) is 42.6 Å². The van der Waals surface area contributed by atoms with Gasteiger partial charge in [-0.1, -0.05) is 6.07 Å². The first kappa shape index (κ1) is 19.8. The van der Waals surface area contributed by atoms with Crippen molar-refractivity contribution in [3.63, 3.8) is 0 Å². The number of nitrogens with one attached hydrogen (secondary N) is 1. The van der Waals surface area contributed by atoms with E-state index in [9.17, 15) is 13.2 Å². The molecular formula is C18H22N2O5S2. The lowest BCUT2D eigenvalue weighted by Crippen LogP contribution is -2.40. The van der Waals surface area contributed by atoms with Crippen LogP contribution in [-0.2, 0) is 19.6 Å². The maximum absolute atomic E-state index is 12.6. The molecule has 1 N–H and O–H groups in total. The lowest BCUT2D eigenvalue weighted by Gasteiger charge is -2.26. The van der Waals surface area contributed by atoms with Crippen molar-refractivity contribution in [1.29, 1.82) is 0 Å². The second kappa shape index (κ2) is 8.83. The molecule has 1 fully saturated rings. The standard InChI is InChI=1S/C18H22N2O5S2/c1-14(17-3-2-12-26-17)19-18(21)13-25-15-4-6-16(7-5-15)27(22,23)20-8-10-24-11-9-20/h2-7,12,14H,8-11,13H2,1H3,(H,19,21)/t14-/m0/s1. The van der Waals surface area contributed by atoms with Crippen LogP contribution in [0.2, 0.25) is 0 Å². The quantitative estimate of drug-likeness (QED) is 0.755. The van der Waals surface area contributed by atoms with Gasteiger partial charge in [0.1, 0.15) is 5.75 Å². The van der Waals surface area contributed by atoms with Crippen molar-refractivity contribution in [3.05, 3.63) is 46.7 Å². The van der Waals surface area contributed by atoms with Gasteiger partial charge in [-0.3, -0.25) is 4.79 Å². The van der Waals surface area contributed by atoms with Gasteiger partial charge in [0.2, 0.25) is 10.0 Å². The number of thiophene rings is 1. The third-order valence-corrected chi connectivity index (χ3v) is 7.12. The molecule has 0 saturated carbocycles. The Bertz CT molecular complexity index is 844. The minimum absolute atomic E-state index is 0.0814. The molecule has 0 bridgehead atoms. The van der Waals surface area contributed by atoms with Crippen molar-refractivity contribution in [1.82, 2.24) is 9.62 Å². The van der Waals surface area contributed by atoms with Gasteiger partial charge in [0.15, 0.2) is 6.61 Å². The molecule has 1 aromatic carbocycles. The number of hydrogen-bond donors (Lipinski definition) is 1. The Labute approximate surface area is 163 Å². The molecule has 0 aliphatic carbocycles. The smallest absolute Gasteiger partial charge is 0.258 e. The molecule has 7 nitrogen and oxygen atoms in total. The Hall–Kier alpha value is -1.94. The Balaban J connectivity index is 1.53. The van der Waals surface area contributed by atoms with E-state index in [0.717, 1.165) is 4.88 Å². The Morgan fingerprint density at radius 1 is 1.26 bits per heavy atom. The second-order valence-corrected chi connectivity index (χ2v) is 9.00. The average Bonchev–Trinajstić information content (AvgIpc) is 3.22. The molecule has 1 aromatic heterocycles. The number of morpholine rings is 1. The fourth-order valence-electron chi connectivity index (χ4n) is 2.68.